The molecule has 4 nitrogen and oxygen atoms in total. The fourth-order valence-electron chi connectivity index (χ4n) is 1.49. The molecular formula is C9H11NO3. The van der Waals surface area contributed by atoms with Gasteiger partial charge < -0.3 is 20.3 Å². The van der Waals surface area contributed by atoms with Gasteiger partial charge in [0.05, 0.1) is 18.7 Å². The topological polar surface area (TPSA) is 64.7 Å². The van der Waals surface area contributed by atoms with Gasteiger partial charge in [-0.1, -0.05) is 0 Å². The fourth-order valence-corrected chi connectivity index (χ4v) is 1.49. The second-order valence-electron chi connectivity index (χ2n) is 2.95. The number of nitrogens with two attached hydrogens (primary N) is 1. The molecule has 1 atom stereocenters. The summed E-state index contributed by atoms with van der Waals surface area (Å²) in [6, 6.07) is 2.96. The first kappa shape index (κ1) is 8.19. The normalized spacial score (nSPS) is 19.4. The van der Waals surface area contributed by atoms with Crippen LogP contribution in [0.4, 0.5) is 0 Å². The number of aromatic hydroxyl groups is 1. The van der Waals surface area contributed by atoms with Crippen LogP contribution < -0.4 is 15.2 Å². The van der Waals surface area contributed by atoms with Crippen molar-refractivity contribution in [1.82, 2.24) is 0 Å². The smallest absolute Gasteiger partial charge is 0.169 e. The SMILES string of the molecule is COc1ccc(O)c2c1OC[C@H]2N. The summed E-state index contributed by atoms with van der Waals surface area (Å²) in [5, 5.41) is 9.51. The molecule has 3 N–H and O–H groups in total. The molecule has 4 heteroatoms. The molecule has 1 aromatic rings. The Kier molecular flexibility index (Phi) is 1.77. The van der Waals surface area contributed by atoms with E-state index in [1.54, 1.807) is 19.2 Å². The Morgan fingerprint density at radius 1 is 1.62 bits per heavy atom. The Hall–Kier alpha value is -1.42. The number of ether oxygens (including phenoxy) is 2. The van der Waals surface area contributed by atoms with Crippen molar-refractivity contribution in [1.29, 1.82) is 0 Å². The van der Waals surface area contributed by atoms with Gasteiger partial charge in [-0.25, -0.2) is 0 Å². The van der Waals surface area contributed by atoms with Crippen molar-refractivity contribution in [2.24, 2.45) is 5.73 Å². The highest BCUT2D eigenvalue weighted by atomic mass is 16.5. The lowest BCUT2D eigenvalue weighted by Crippen LogP contribution is -2.10. The van der Waals surface area contributed by atoms with Gasteiger partial charge in [0.1, 0.15) is 12.4 Å². The van der Waals surface area contributed by atoms with Gasteiger partial charge in [0.15, 0.2) is 11.5 Å². The molecule has 0 bridgehead atoms. The van der Waals surface area contributed by atoms with Crippen molar-refractivity contribution >= 4 is 0 Å². The van der Waals surface area contributed by atoms with Crippen LogP contribution in [0.2, 0.25) is 0 Å². The minimum atomic E-state index is -0.259. The van der Waals surface area contributed by atoms with E-state index < -0.39 is 0 Å². The third kappa shape index (κ3) is 1.10. The molecule has 0 saturated heterocycles. The standard InChI is InChI=1S/C9H11NO3/c1-12-7-3-2-6(11)8-5(10)4-13-9(7)8/h2-3,5,11H,4,10H2,1H3/t5-/m1/s1. The van der Waals surface area contributed by atoms with Crippen molar-refractivity contribution < 1.29 is 14.6 Å². The van der Waals surface area contributed by atoms with Crippen molar-refractivity contribution in [2.75, 3.05) is 13.7 Å². The maximum absolute atomic E-state index is 9.51. The number of fused-ring (bicyclic) bond motifs is 1. The summed E-state index contributed by atoms with van der Waals surface area (Å²) in [7, 11) is 1.56. The monoisotopic (exact) mass is 181 g/mol. The van der Waals surface area contributed by atoms with E-state index in [2.05, 4.69) is 0 Å². The largest absolute Gasteiger partial charge is 0.507 e. The van der Waals surface area contributed by atoms with E-state index in [1.807, 2.05) is 0 Å². The van der Waals surface area contributed by atoms with E-state index in [-0.39, 0.29) is 11.8 Å². The zero-order valence-corrected chi connectivity index (χ0v) is 7.28. The van der Waals surface area contributed by atoms with Crippen LogP contribution in [0.5, 0.6) is 17.2 Å². The molecule has 1 aromatic carbocycles. The first-order chi connectivity index (χ1) is 6.24. The maximum Gasteiger partial charge on any atom is 0.169 e. The van der Waals surface area contributed by atoms with Crippen LogP contribution in [-0.4, -0.2) is 18.8 Å². The first-order valence-electron chi connectivity index (χ1n) is 4.02. The number of hydrogen-bond acceptors (Lipinski definition) is 4. The number of phenolic OH excluding ortho intramolecular Hbond substituents is 1. The van der Waals surface area contributed by atoms with E-state index in [1.165, 1.54) is 0 Å². The third-order valence-corrected chi connectivity index (χ3v) is 2.13. The van der Waals surface area contributed by atoms with Crippen LogP contribution in [0.15, 0.2) is 12.1 Å². The Bertz CT molecular complexity index is 338. The lowest BCUT2D eigenvalue weighted by Gasteiger charge is -2.07. The summed E-state index contributed by atoms with van der Waals surface area (Å²) in [5.41, 5.74) is 6.37. The lowest BCUT2D eigenvalue weighted by atomic mass is 10.1. The predicted molar refractivity (Wildman–Crippen MR) is 47.1 cm³/mol. The van der Waals surface area contributed by atoms with E-state index in [0.29, 0.717) is 23.7 Å². The van der Waals surface area contributed by atoms with Crippen LogP contribution in [0.25, 0.3) is 0 Å². The second-order valence-corrected chi connectivity index (χ2v) is 2.95. The molecule has 70 valence electrons. The number of phenols is 1. The van der Waals surface area contributed by atoms with Crippen LogP contribution in [0.1, 0.15) is 11.6 Å². The molecule has 0 fully saturated rings. The minimum absolute atomic E-state index is 0.167. The number of rotatable bonds is 1. The van der Waals surface area contributed by atoms with Gasteiger partial charge >= 0.3 is 0 Å². The van der Waals surface area contributed by atoms with Crippen LogP contribution in [-0.2, 0) is 0 Å². The van der Waals surface area contributed by atoms with E-state index >= 15 is 0 Å². The molecule has 0 unspecified atom stereocenters. The summed E-state index contributed by atoms with van der Waals surface area (Å²) in [6.45, 7) is 0.392. The van der Waals surface area contributed by atoms with Crippen molar-refractivity contribution in [3.8, 4) is 17.2 Å². The van der Waals surface area contributed by atoms with Crippen LogP contribution in [0, 0.1) is 0 Å². The van der Waals surface area contributed by atoms with Crippen molar-refractivity contribution in [3.05, 3.63) is 17.7 Å². The molecule has 2 rings (SSSR count). The van der Waals surface area contributed by atoms with Gasteiger partial charge in [0, 0.05) is 0 Å². The van der Waals surface area contributed by atoms with Crippen molar-refractivity contribution in [3.63, 3.8) is 0 Å². The molecule has 1 aliphatic heterocycles. The third-order valence-electron chi connectivity index (χ3n) is 2.13. The second kappa shape index (κ2) is 2.81. The fraction of sp³-hybridized carbons (Fsp3) is 0.333. The highest BCUT2D eigenvalue weighted by molar-refractivity contribution is 5.56. The zero-order chi connectivity index (χ0) is 9.42. The van der Waals surface area contributed by atoms with Crippen LogP contribution >= 0.6 is 0 Å². The Morgan fingerprint density at radius 3 is 3.08 bits per heavy atom. The number of methoxy groups -OCH3 is 1. The quantitative estimate of drug-likeness (QED) is 0.672. The molecule has 0 aliphatic carbocycles. The molecule has 0 spiro atoms. The van der Waals surface area contributed by atoms with Gasteiger partial charge in [-0.05, 0) is 12.1 Å². The molecule has 0 radical (unpaired) electrons. The van der Waals surface area contributed by atoms with Gasteiger partial charge in [-0.2, -0.15) is 0 Å². The molecule has 0 saturated carbocycles. The summed E-state index contributed by atoms with van der Waals surface area (Å²) >= 11 is 0. The predicted octanol–water partition coefficient (Wildman–Crippen LogP) is 0.793. The molecule has 0 aromatic heterocycles. The van der Waals surface area contributed by atoms with Crippen LogP contribution in [0.3, 0.4) is 0 Å². The lowest BCUT2D eigenvalue weighted by molar-refractivity contribution is 0.311. The summed E-state index contributed by atoms with van der Waals surface area (Å²) in [5.74, 6) is 1.34. The van der Waals surface area contributed by atoms with E-state index in [0.717, 1.165) is 0 Å². The zero-order valence-electron chi connectivity index (χ0n) is 7.28. The Morgan fingerprint density at radius 2 is 2.38 bits per heavy atom. The van der Waals surface area contributed by atoms with Crippen molar-refractivity contribution in [2.45, 2.75) is 6.04 Å². The average molecular weight is 181 g/mol. The van der Waals surface area contributed by atoms with E-state index in [4.69, 9.17) is 15.2 Å². The molecule has 13 heavy (non-hydrogen) atoms. The van der Waals surface area contributed by atoms with Gasteiger partial charge in [0.2, 0.25) is 0 Å². The number of hydrogen-bond donors (Lipinski definition) is 2. The Labute approximate surface area is 75.9 Å². The summed E-state index contributed by atoms with van der Waals surface area (Å²) in [6.07, 6.45) is 0. The van der Waals surface area contributed by atoms with Gasteiger partial charge in [-0.3, -0.25) is 0 Å². The minimum Gasteiger partial charge on any atom is -0.507 e. The summed E-state index contributed by atoms with van der Waals surface area (Å²) < 4.78 is 10.4. The van der Waals surface area contributed by atoms with E-state index in [9.17, 15) is 5.11 Å². The highest BCUT2D eigenvalue weighted by Gasteiger charge is 2.27. The number of benzene rings is 1. The maximum atomic E-state index is 9.51. The molecule has 1 aliphatic rings. The molecular weight excluding hydrogens is 170 g/mol. The highest BCUT2D eigenvalue weighted by Crippen LogP contribution is 2.43. The Balaban J connectivity index is 2.59. The molecule has 0 amide bonds. The molecule has 1 heterocycles. The average Bonchev–Trinajstić information content (AvgIpc) is 2.50. The summed E-state index contributed by atoms with van der Waals surface area (Å²) in [4.78, 5) is 0. The van der Waals surface area contributed by atoms with Gasteiger partial charge in [-0.15, -0.1) is 0 Å². The first-order valence-corrected chi connectivity index (χ1v) is 4.02. The van der Waals surface area contributed by atoms with Gasteiger partial charge in [0.25, 0.3) is 0 Å².